The maximum Gasteiger partial charge on any atom is 0.253 e. The highest BCUT2D eigenvalue weighted by molar-refractivity contribution is 5.99. The van der Waals surface area contributed by atoms with E-state index in [4.69, 9.17) is 5.73 Å². The molecule has 0 aliphatic carbocycles. The predicted octanol–water partition coefficient (Wildman–Crippen LogP) is 2.83. The molecule has 0 aromatic heterocycles. The lowest BCUT2D eigenvalue weighted by Crippen LogP contribution is -2.26. The van der Waals surface area contributed by atoms with Gasteiger partial charge in [0, 0.05) is 12.2 Å². The van der Waals surface area contributed by atoms with Crippen molar-refractivity contribution in [1.82, 2.24) is 5.32 Å². The first-order valence-corrected chi connectivity index (χ1v) is 6.55. The lowest BCUT2D eigenvalue weighted by molar-refractivity contribution is 0.0955. The van der Waals surface area contributed by atoms with Crippen molar-refractivity contribution < 1.29 is 13.6 Å². The molecule has 21 heavy (non-hydrogen) atoms. The van der Waals surface area contributed by atoms with Crippen molar-refractivity contribution >= 4 is 11.6 Å². The Morgan fingerprint density at radius 3 is 2.48 bits per heavy atom. The molecule has 0 saturated carbocycles. The van der Waals surface area contributed by atoms with Crippen molar-refractivity contribution in [1.29, 1.82) is 0 Å². The van der Waals surface area contributed by atoms with Crippen LogP contribution in [-0.2, 0) is 6.42 Å². The fraction of sp³-hybridized carbons (Fsp3) is 0.188. The molecular weight excluding hydrogens is 274 g/mol. The van der Waals surface area contributed by atoms with E-state index in [9.17, 15) is 13.6 Å². The van der Waals surface area contributed by atoms with Crippen LogP contribution < -0.4 is 11.1 Å². The van der Waals surface area contributed by atoms with Crippen LogP contribution in [0.15, 0.2) is 36.4 Å². The molecule has 2 rings (SSSR count). The summed E-state index contributed by atoms with van der Waals surface area (Å²) in [6.45, 7) is 2.21. The number of nitrogen functional groups attached to an aromatic ring is 1. The van der Waals surface area contributed by atoms with E-state index < -0.39 is 5.82 Å². The molecule has 0 heterocycles. The number of halogens is 2. The molecule has 3 N–H and O–H groups in total. The average Bonchev–Trinajstić information content (AvgIpc) is 2.41. The summed E-state index contributed by atoms with van der Waals surface area (Å²) in [5.41, 5.74) is 7.75. The number of hydrogen-bond donors (Lipinski definition) is 2. The summed E-state index contributed by atoms with van der Waals surface area (Å²) in [5, 5.41) is 2.71. The molecule has 0 aliphatic rings. The van der Waals surface area contributed by atoms with Gasteiger partial charge >= 0.3 is 0 Å². The smallest absolute Gasteiger partial charge is 0.253 e. The number of aryl methyl sites for hydroxylation is 1. The second kappa shape index (κ2) is 6.35. The van der Waals surface area contributed by atoms with Crippen LogP contribution in [-0.4, -0.2) is 12.5 Å². The molecule has 0 atom stereocenters. The quantitative estimate of drug-likeness (QED) is 0.851. The zero-order valence-corrected chi connectivity index (χ0v) is 11.6. The second-order valence-corrected chi connectivity index (χ2v) is 4.81. The highest BCUT2D eigenvalue weighted by Crippen LogP contribution is 2.13. The van der Waals surface area contributed by atoms with E-state index in [1.807, 2.05) is 6.92 Å². The average molecular weight is 290 g/mol. The van der Waals surface area contributed by atoms with Gasteiger partial charge in [0.2, 0.25) is 0 Å². The number of nitrogens with one attached hydrogen (secondary N) is 1. The molecular formula is C16H16F2N2O. The van der Waals surface area contributed by atoms with Crippen LogP contribution in [0.4, 0.5) is 14.5 Å². The Hall–Kier alpha value is -2.43. The van der Waals surface area contributed by atoms with Gasteiger partial charge in [0.1, 0.15) is 11.6 Å². The second-order valence-electron chi connectivity index (χ2n) is 4.81. The Bertz CT molecular complexity index is 671. The monoisotopic (exact) mass is 290 g/mol. The Morgan fingerprint density at radius 2 is 1.81 bits per heavy atom. The van der Waals surface area contributed by atoms with Crippen molar-refractivity contribution in [2.24, 2.45) is 0 Å². The lowest BCUT2D eigenvalue weighted by Gasteiger charge is -2.09. The molecule has 3 nitrogen and oxygen atoms in total. The molecule has 0 spiro atoms. The SMILES string of the molecule is Cc1cc(F)ccc1CCNC(=O)c1ccc(F)cc1N. The standard InChI is InChI=1S/C16H16F2N2O/c1-10-8-12(17)3-2-11(10)6-7-20-16(21)14-5-4-13(18)9-15(14)19/h2-5,8-9H,6-7,19H2,1H3,(H,20,21). The zero-order valence-electron chi connectivity index (χ0n) is 11.6. The summed E-state index contributed by atoms with van der Waals surface area (Å²) in [6, 6.07) is 8.19. The topological polar surface area (TPSA) is 55.1 Å². The first-order valence-electron chi connectivity index (χ1n) is 6.55. The van der Waals surface area contributed by atoms with E-state index >= 15 is 0 Å². The van der Waals surface area contributed by atoms with E-state index in [1.165, 1.54) is 24.3 Å². The fourth-order valence-electron chi connectivity index (χ4n) is 2.09. The van der Waals surface area contributed by atoms with E-state index in [2.05, 4.69) is 5.32 Å². The third-order valence-electron chi connectivity index (χ3n) is 3.24. The molecule has 0 fully saturated rings. The minimum atomic E-state index is -0.481. The molecule has 5 heteroatoms. The van der Waals surface area contributed by atoms with Crippen molar-refractivity contribution in [3.05, 3.63) is 64.7 Å². The Morgan fingerprint density at radius 1 is 1.14 bits per heavy atom. The van der Waals surface area contributed by atoms with Gasteiger partial charge in [-0.1, -0.05) is 6.07 Å². The van der Waals surface area contributed by atoms with Crippen LogP contribution in [0.1, 0.15) is 21.5 Å². The van der Waals surface area contributed by atoms with Crippen LogP contribution in [0.3, 0.4) is 0 Å². The minimum Gasteiger partial charge on any atom is -0.398 e. The van der Waals surface area contributed by atoms with Crippen molar-refractivity contribution in [3.8, 4) is 0 Å². The lowest BCUT2D eigenvalue weighted by atomic mass is 10.1. The molecule has 2 aromatic rings. The highest BCUT2D eigenvalue weighted by atomic mass is 19.1. The molecule has 1 amide bonds. The van der Waals surface area contributed by atoms with Gasteiger partial charge in [0.15, 0.2) is 0 Å². The van der Waals surface area contributed by atoms with Gasteiger partial charge in [0.25, 0.3) is 5.91 Å². The molecule has 2 aromatic carbocycles. The van der Waals surface area contributed by atoms with Gasteiger partial charge in [-0.05, 0) is 54.8 Å². The number of carbonyl (C=O) groups is 1. The largest absolute Gasteiger partial charge is 0.398 e. The van der Waals surface area contributed by atoms with E-state index in [0.717, 1.165) is 17.2 Å². The summed E-state index contributed by atoms with van der Waals surface area (Å²) in [6.07, 6.45) is 0.582. The van der Waals surface area contributed by atoms with Gasteiger partial charge in [-0.3, -0.25) is 4.79 Å². The van der Waals surface area contributed by atoms with Crippen LogP contribution >= 0.6 is 0 Å². The third kappa shape index (κ3) is 3.78. The number of rotatable bonds is 4. The summed E-state index contributed by atoms with van der Waals surface area (Å²) >= 11 is 0. The zero-order chi connectivity index (χ0) is 15.4. The van der Waals surface area contributed by atoms with Crippen LogP contribution in [0.5, 0.6) is 0 Å². The van der Waals surface area contributed by atoms with Crippen molar-refractivity contribution in [3.63, 3.8) is 0 Å². The first kappa shape index (κ1) is 15.0. The number of anilines is 1. The van der Waals surface area contributed by atoms with Crippen LogP contribution in [0.2, 0.25) is 0 Å². The fourth-order valence-corrected chi connectivity index (χ4v) is 2.09. The number of carbonyl (C=O) groups excluding carboxylic acids is 1. The van der Waals surface area contributed by atoms with E-state index in [0.29, 0.717) is 13.0 Å². The Labute approximate surface area is 121 Å². The normalized spacial score (nSPS) is 10.4. The predicted molar refractivity (Wildman–Crippen MR) is 78.0 cm³/mol. The van der Waals surface area contributed by atoms with E-state index in [-0.39, 0.29) is 23.0 Å². The maximum absolute atomic E-state index is 13.0. The molecule has 0 radical (unpaired) electrons. The van der Waals surface area contributed by atoms with Gasteiger partial charge in [-0.2, -0.15) is 0 Å². The van der Waals surface area contributed by atoms with Crippen molar-refractivity contribution in [2.45, 2.75) is 13.3 Å². The summed E-state index contributed by atoms with van der Waals surface area (Å²) in [4.78, 5) is 11.9. The molecule has 110 valence electrons. The number of hydrogen-bond acceptors (Lipinski definition) is 2. The number of nitrogens with two attached hydrogens (primary N) is 1. The highest BCUT2D eigenvalue weighted by Gasteiger charge is 2.10. The Balaban J connectivity index is 1.95. The van der Waals surface area contributed by atoms with Gasteiger partial charge < -0.3 is 11.1 Å². The van der Waals surface area contributed by atoms with Crippen LogP contribution in [0.25, 0.3) is 0 Å². The molecule has 0 aliphatic heterocycles. The van der Waals surface area contributed by atoms with Gasteiger partial charge in [-0.15, -0.1) is 0 Å². The maximum atomic E-state index is 13.0. The van der Waals surface area contributed by atoms with E-state index in [1.54, 1.807) is 6.07 Å². The summed E-state index contributed by atoms with van der Waals surface area (Å²) in [5.74, 6) is -1.11. The number of benzene rings is 2. The number of amides is 1. The minimum absolute atomic E-state index is 0.102. The van der Waals surface area contributed by atoms with Crippen LogP contribution in [0, 0.1) is 18.6 Å². The molecule has 0 unspecified atom stereocenters. The molecule has 0 bridgehead atoms. The van der Waals surface area contributed by atoms with Gasteiger partial charge in [0.05, 0.1) is 5.56 Å². The van der Waals surface area contributed by atoms with Crippen molar-refractivity contribution in [2.75, 3.05) is 12.3 Å². The molecule has 0 saturated heterocycles. The third-order valence-corrected chi connectivity index (χ3v) is 3.24. The first-order chi connectivity index (χ1) is 9.97. The summed E-state index contributed by atoms with van der Waals surface area (Å²) < 4.78 is 25.9. The summed E-state index contributed by atoms with van der Waals surface area (Å²) in [7, 11) is 0. The Kier molecular flexibility index (Phi) is 4.52. The van der Waals surface area contributed by atoms with Gasteiger partial charge in [-0.25, -0.2) is 8.78 Å².